The van der Waals surface area contributed by atoms with Gasteiger partial charge in [0, 0.05) is 13.2 Å². The highest BCUT2D eigenvalue weighted by atomic mass is 32.2. The smallest absolute Gasteiger partial charge is 0.240 e. The van der Waals surface area contributed by atoms with Crippen molar-refractivity contribution in [3.05, 3.63) is 78.4 Å². The maximum absolute atomic E-state index is 12.6. The van der Waals surface area contributed by atoms with E-state index in [0.717, 1.165) is 11.1 Å². The second kappa shape index (κ2) is 8.94. The third-order valence-electron chi connectivity index (χ3n) is 4.06. The van der Waals surface area contributed by atoms with Gasteiger partial charge in [0.25, 0.3) is 0 Å². The Morgan fingerprint density at radius 1 is 1.12 bits per heavy atom. The number of rotatable bonds is 9. The number of hydrogen-bond acceptors (Lipinski definition) is 3. The predicted molar refractivity (Wildman–Crippen MR) is 101 cm³/mol. The van der Waals surface area contributed by atoms with E-state index in [1.165, 1.54) is 0 Å². The van der Waals surface area contributed by atoms with Crippen LogP contribution in [0.2, 0.25) is 0 Å². The highest BCUT2D eigenvalue weighted by Gasteiger charge is 2.23. The lowest BCUT2D eigenvalue weighted by Crippen LogP contribution is -2.36. The van der Waals surface area contributed by atoms with E-state index in [-0.39, 0.29) is 17.0 Å². The zero-order valence-corrected chi connectivity index (χ0v) is 15.5. The summed E-state index contributed by atoms with van der Waals surface area (Å²) >= 11 is 0. The third kappa shape index (κ3) is 5.53. The molecule has 2 atom stereocenters. The number of hydrogen-bond donors (Lipinski definition) is 1. The largest absolute Gasteiger partial charge is 0.377 e. The molecule has 0 aliphatic rings. The number of benzene rings is 2. The molecule has 0 radical (unpaired) electrons. The second-order valence-electron chi connectivity index (χ2n) is 6.03. The maximum atomic E-state index is 12.6. The Morgan fingerprint density at radius 3 is 2.32 bits per heavy atom. The van der Waals surface area contributed by atoms with Gasteiger partial charge in [-0.3, -0.25) is 0 Å². The van der Waals surface area contributed by atoms with E-state index < -0.39 is 10.0 Å². The monoisotopic (exact) mass is 359 g/mol. The first-order valence-electron chi connectivity index (χ1n) is 8.24. The average molecular weight is 359 g/mol. The van der Waals surface area contributed by atoms with Crippen LogP contribution in [0.4, 0.5) is 0 Å². The molecule has 0 heterocycles. The van der Waals surface area contributed by atoms with Crippen LogP contribution in [0.25, 0.3) is 0 Å². The first-order chi connectivity index (χ1) is 12.0. The van der Waals surface area contributed by atoms with Crippen molar-refractivity contribution >= 4 is 10.0 Å². The Balaban J connectivity index is 2.16. The third-order valence-corrected chi connectivity index (χ3v) is 5.60. The van der Waals surface area contributed by atoms with Gasteiger partial charge in [-0.25, -0.2) is 13.1 Å². The Morgan fingerprint density at radius 2 is 1.76 bits per heavy atom. The van der Waals surface area contributed by atoms with Gasteiger partial charge in [-0.05, 0) is 37.5 Å². The van der Waals surface area contributed by atoms with Crippen LogP contribution in [0.5, 0.6) is 0 Å². The van der Waals surface area contributed by atoms with E-state index >= 15 is 0 Å². The molecule has 0 spiro atoms. The quantitative estimate of drug-likeness (QED) is 0.689. The van der Waals surface area contributed by atoms with Crippen LogP contribution in [0.3, 0.4) is 0 Å². The normalized spacial score (nSPS) is 14.0. The summed E-state index contributed by atoms with van der Waals surface area (Å²) in [6.07, 6.45) is 2.59. The molecule has 5 heteroatoms. The van der Waals surface area contributed by atoms with Crippen LogP contribution in [0.15, 0.2) is 72.1 Å². The molecular weight excluding hydrogens is 334 g/mol. The molecule has 2 aromatic carbocycles. The Labute approximate surface area is 150 Å². The number of aryl methyl sites for hydroxylation is 1. The van der Waals surface area contributed by atoms with Crippen molar-refractivity contribution in [1.82, 2.24) is 4.72 Å². The van der Waals surface area contributed by atoms with Crippen molar-refractivity contribution in [2.45, 2.75) is 36.8 Å². The average Bonchev–Trinajstić information content (AvgIpc) is 2.60. The topological polar surface area (TPSA) is 55.4 Å². The van der Waals surface area contributed by atoms with Crippen LogP contribution in [-0.4, -0.2) is 21.6 Å². The molecule has 0 amide bonds. The minimum Gasteiger partial charge on any atom is -0.377 e. The molecule has 2 aromatic rings. The van der Waals surface area contributed by atoms with E-state index in [2.05, 4.69) is 11.3 Å². The van der Waals surface area contributed by atoms with Crippen molar-refractivity contribution in [2.75, 3.05) is 7.11 Å². The molecule has 134 valence electrons. The lowest BCUT2D eigenvalue weighted by atomic mass is 10.0. The molecule has 1 N–H and O–H groups in total. The lowest BCUT2D eigenvalue weighted by Gasteiger charge is -2.23. The number of ether oxygens (including phenoxy) is 1. The van der Waals surface area contributed by atoms with E-state index in [1.54, 1.807) is 37.5 Å². The minimum absolute atomic E-state index is 0.188. The van der Waals surface area contributed by atoms with Gasteiger partial charge < -0.3 is 4.74 Å². The molecule has 0 bridgehead atoms. The summed E-state index contributed by atoms with van der Waals surface area (Å²) < 4.78 is 33.7. The Bertz CT molecular complexity index is 770. The SMILES string of the molecule is C=CC[C@@H](C[C@H](OC)c1ccccc1)NS(=O)(=O)c1ccc(C)cc1. The molecule has 0 saturated heterocycles. The van der Waals surface area contributed by atoms with E-state index in [1.807, 2.05) is 37.3 Å². The molecule has 0 fully saturated rings. The van der Waals surface area contributed by atoms with Crippen molar-refractivity contribution in [2.24, 2.45) is 0 Å². The fourth-order valence-corrected chi connectivity index (χ4v) is 3.95. The molecule has 0 aliphatic carbocycles. The van der Waals surface area contributed by atoms with Crippen LogP contribution in [0, 0.1) is 6.92 Å². The van der Waals surface area contributed by atoms with Crippen molar-refractivity contribution in [1.29, 1.82) is 0 Å². The minimum atomic E-state index is -3.59. The molecule has 0 saturated carbocycles. The first kappa shape index (κ1) is 19.4. The van der Waals surface area contributed by atoms with Crippen LogP contribution in [-0.2, 0) is 14.8 Å². The van der Waals surface area contributed by atoms with Crippen LogP contribution in [0.1, 0.15) is 30.1 Å². The molecule has 4 nitrogen and oxygen atoms in total. The summed E-state index contributed by atoms with van der Waals surface area (Å²) in [7, 11) is -1.95. The van der Waals surface area contributed by atoms with E-state index in [4.69, 9.17) is 4.74 Å². The molecular formula is C20H25NO3S. The summed E-state index contributed by atoms with van der Waals surface area (Å²) in [5, 5.41) is 0. The van der Waals surface area contributed by atoms with Crippen LogP contribution >= 0.6 is 0 Å². The standard InChI is InChI=1S/C20H25NO3S/c1-4-8-18(15-20(24-3)17-9-6-5-7-10-17)21-25(22,23)19-13-11-16(2)12-14-19/h4-7,9-14,18,20-21H,1,8,15H2,2-3H3/t18-,20-/m0/s1. The lowest BCUT2D eigenvalue weighted by molar-refractivity contribution is 0.0880. The summed E-state index contributed by atoms with van der Waals surface area (Å²) in [5.74, 6) is 0. The maximum Gasteiger partial charge on any atom is 0.240 e. The summed E-state index contributed by atoms with van der Waals surface area (Å²) in [6.45, 7) is 5.67. The highest BCUT2D eigenvalue weighted by molar-refractivity contribution is 7.89. The second-order valence-corrected chi connectivity index (χ2v) is 7.74. The van der Waals surface area contributed by atoms with Crippen LogP contribution < -0.4 is 4.72 Å². The van der Waals surface area contributed by atoms with Gasteiger partial charge in [0.2, 0.25) is 10.0 Å². The Kier molecular flexibility index (Phi) is 6.93. The molecule has 2 rings (SSSR count). The van der Waals surface area contributed by atoms with Gasteiger partial charge >= 0.3 is 0 Å². The number of nitrogens with one attached hydrogen (secondary N) is 1. The Hall–Kier alpha value is -1.95. The van der Waals surface area contributed by atoms with Gasteiger partial charge in [0.1, 0.15) is 0 Å². The zero-order valence-electron chi connectivity index (χ0n) is 14.7. The molecule has 25 heavy (non-hydrogen) atoms. The van der Waals surface area contributed by atoms with Gasteiger partial charge in [-0.2, -0.15) is 0 Å². The van der Waals surface area contributed by atoms with Gasteiger partial charge in [0.15, 0.2) is 0 Å². The number of sulfonamides is 1. The molecule has 0 aromatic heterocycles. The van der Waals surface area contributed by atoms with Gasteiger partial charge in [-0.15, -0.1) is 6.58 Å². The zero-order chi connectivity index (χ0) is 18.3. The predicted octanol–water partition coefficient (Wildman–Crippen LogP) is 4.00. The molecule has 0 aliphatic heterocycles. The first-order valence-corrected chi connectivity index (χ1v) is 9.72. The van der Waals surface area contributed by atoms with Crippen molar-refractivity contribution < 1.29 is 13.2 Å². The van der Waals surface area contributed by atoms with E-state index in [0.29, 0.717) is 12.8 Å². The van der Waals surface area contributed by atoms with Gasteiger partial charge in [0.05, 0.1) is 11.0 Å². The fraction of sp³-hybridized carbons (Fsp3) is 0.300. The van der Waals surface area contributed by atoms with E-state index in [9.17, 15) is 8.42 Å². The summed E-state index contributed by atoms with van der Waals surface area (Å²) in [4.78, 5) is 0.265. The summed E-state index contributed by atoms with van der Waals surface area (Å²) in [5.41, 5.74) is 2.04. The van der Waals surface area contributed by atoms with Crippen molar-refractivity contribution in [3.63, 3.8) is 0 Å². The molecule has 0 unspecified atom stereocenters. The summed E-state index contributed by atoms with van der Waals surface area (Å²) in [6, 6.07) is 16.3. The van der Waals surface area contributed by atoms with Crippen molar-refractivity contribution in [3.8, 4) is 0 Å². The van der Waals surface area contributed by atoms with Gasteiger partial charge in [-0.1, -0.05) is 54.1 Å². The number of methoxy groups -OCH3 is 1. The fourth-order valence-electron chi connectivity index (χ4n) is 2.69. The highest BCUT2D eigenvalue weighted by Crippen LogP contribution is 2.24.